The van der Waals surface area contributed by atoms with Gasteiger partial charge in [-0.1, -0.05) is 66.7 Å². The van der Waals surface area contributed by atoms with Crippen LogP contribution in [-0.2, 0) is 4.79 Å². The molecule has 0 atom stereocenters. The Kier molecular flexibility index (Phi) is 4.01. The maximum absolute atomic E-state index is 11.4. The first-order valence-corrected chi connectivity index (χ1v) is 7.26. The van der Waals surface area contributed by atoms with Crippen molar-refractivity contribution in [3.05, 3.63) is 78.9 Å². The van der Waals surface area contributed by atoms with Crippen LogP contribution in [0.1, 0.15) is 6.92 Å². The Balaban J connectivity index is 2.12. The molecule has 0 heterocycles. The van der Waals surface area contributed by atoms with Gasteiger partial charge < -0.3 is 5.32 Å². The van der Waals surface area contributed by atoms with Crippen LogP contribution in [-0.4, -0.2) is 5.91 Å². The van der Waals surface area contributed by atoms with Gasteiger partial charge in [-0.3, -0.25) is 4.79 Å². The second kappa shape index (κ2) is 6.27. The number of carbonyl (C=O) groups is 1. The summed E-state index contributed by atoms with van der Waals surface area (Å²) in [5.74, 6) is -0.0651. The topological polar surface area (TPSA) is 29.1 Å². The fourth-order valence-electron chi connectivity index (χ4n) is 2.51. The van der Waals surface area contributed by atoms with Crippen molar-refractivity contribution in [3.8, 4) is 22.3 Å². The van der Waals surface area contributed by atoms with Gasteiger partial charge in [-0.25, -0.2) is 0 Å². The highest BCUT2D eigenvalue weighted by Crippen LogP contribution is 2.32. The van der Waals surface area contributed by atoms with Gasteiger partial charge in [0, 0.05) is 18.2 Å². The Bertz CT molecular complexity index is 779. The zero-order chi connectivity index (χ0) is 15.4. The highest BCUT2D eigenvalue weighted by Gasteiger charge is 2.08. The third-order valence-electron chi connectivity index (χ3n) is 3.52. The van der Waals surface area contributed by atoms with Crippen molar-refractivity contribution in [1.82, 2.24) is 0 Å². The second-order valence-corrected chi connectivity index (χ2v) is 5.17. The molecule has 108 valence electrons. The van der Waals surface area contributed by atoms with Crippen LogP contribution in [0.15, 0.2) is 78.9 Å². The summed E-state index contributed by atoms with van der Waals surface area (Å²) >= 11 is 0. The molecule has 3 rings (SSSR count). The molecule has 0 fully saturated rings. The van der Waals surface area contributed by atoms with Crippen molar-refractivity contribution in [1.29, 1.82) is 0 Å². The Morgan fingerprint density at radius 3 is 1.91 bits per heavy atom. The van der Waals surface area contributed by atoms with E-state index in [1.165, 1.54) is 6.92 Å². The van der Waals surface area contributed by atoms with E-state index in [1.807, 2.05) is 48.5 Å². The van der Waals surface area contributed by atoms with E-state index in [-0.39, 0.29) is 5.91 Å². The number of hydrogen-bond donors (Lipinski definition) is 1. The highest BCUT2D eigenvalue weighted by molar-refractivity contribution is 5.95. The molecular formula is C20H17NO. The molecular weight excluding hydrogens is 270 g/mol. The molecule has 3 aromatic carbocycles. The summed E-state index contributed by atoms with van der Waals surface area (Å²) in [5.41, 5.74) is 5.24. The van der Waals surface area contributed by atoms with Gasteiger partial charge in [0.25, 0.3) is 0 Å². The number of amides is 1. The molecule has 2 heteroatoms. The SMILES string of the molecule is CC(=O)Nc1ccc(-c2ccccc2)cc1-c1ccccc1. The van der Waals surface area contributed by atoms with Crippen LogP contribution >= 0.6 is 0 Å². The average Bonchev–Trinajstić information content (AvgIpc) is 2.56. The zero-order valence-corrected chi connectivity index (χ0v) is 12.4. The Hall–Kier alpha value is -2.87. The third-order valence-corrected chi connectivity index (χ3v) is 3.52. The number of hydrogen-bond acceptors (Lipinski definition) is 1. The lowest BCUT2D eigenvalue weighted by molar-refractivity contribution is -0.114. The molecule has 0 saturated carbocycles. The van der Waals surface area contributed by atoms with Crippen molar-refractivity contribution in [3.63, 3.8) is 0 Å². The molecule has 0 bridgehead atoms. The summed E-state index contributed by atoms with van der Waals surface area (Å²) in [6.45, 7) is 1.53. The average molecular weight is 287 g/mol. The first-order valence-electron chi connectivity index (χ1n) is 7.26. The first kappa shape index (κ1) is 14.1. The Morgan fingerprint density at radius 1 is 0.727 bits per heavy atom. The van der Waals surface area contributed by atoms with Crippen molar-refractivity contribution in [2.75, 3.05) is 5.32 Å². The lowest BCUT2D eigenvalue weighted by Crippen LogP contribution is -2.07. The fourth-order valence-corrected chi connectivity index (χ4v) is 2.51. The van der Waals surface area contributed by atoms with Gasteiger partial charge >= 0.3 is 0 Å². The zero-order valence-electron chi connectivity index (χ0n) is 12.4. The molecule has 0 aliphatic heterocycles. The number of nitrogens with one attached hydrogen (secondary N) is 1. The van der Waals surface area contributed by atoms with Gasteiger partial charge in [-0.2, -0.15) is 0 Å². The number of rotatable bonds is 3. The standard InChI is InChI=1S/C20H17NO/c1-15(22)21-20-13-12-18(16-8-4-2-5-9-16)14-19(20)17-10-6-3-7-11-17/h2-14H,1H3,(H,21,22). The monoisotopic (exact) mass is 287 g/mol. The number of carbonyl (C=O) groups excluding carboxylic acids is 1. The maximum Gasteiger partial charge on any atom is 0.221 e. The summed E-state index contributed by atoms with van der Waals surface area (Å²) in [6.07, 6.45) is 0. The third kappa shape index (κ3) is 3.07. The van der Waals surface area contributed by atoms with Gasteiger partial charge in [-0.15, -0.1) is 0 Å². The molecule has 1 N–H and O–H groups in total. The van der Waals surface area contributed by atoms with Crippen LogP contribution in [0.3, 0.4) is 0 Å². The molecule has 0 spiro atoms. The molecule has 22 heavy (non-hydrogen) atoms. The first-order chi connectivity index (χ1) is 10.7. The molecule has 0 radical (unpaired) electrons. The summed E-state index contributed by atoms with van der Waals surface area (Å²) in [6, 6.07) is 26.4. The van der Waals surface area contributed by atoms with Crippen molar-refractivity contribution in [2.24, 2.45) is 0 Å². The van der Waals surface area contributed by atoms with Crippen molar-refractivity contribution in [2.45, 2.75) is 6.92 Å². The van der Waals surface area contributed by atoms with Crippen LogP contribution in [0.2, 0.25) is 0 Å². The lowest BCUT2D eigenvalue weighted by atomic mass is 9.97. The van der Waals surface area contributed by atoms with Gasteiger partial charge in [0.15, 0.2) is 0 Å². The van der Waals surface area contributed by atoms with Crippen molar-refractivity contribution >= 4 is 11.6 Å². The Morgan fingerprint density at radius 2 is 1.32 bits per heavy atom. The summed E-state index contributed by atoms with van der Waals surface area (Å²) in [7, 11) is 0. The Labute approximate surface area is 130 Å². The van der Waals surface area contributed by atoms with E-state index >= 15 is 0 Å². The number of anilines is 1. The molecule has 0 unspecified atom stereocenters. The molecule has 2 nitrogen and oxygen atoms in total. The largest absolute Gasteiger partial charge is 0.326 e. The van der Waals surface area contributed by atoms with E-state index in [4.69, 9.17) is 0 Å². The predicted molar refractivity (Wildman–Crippen MR) is 91.6 cm³/mol. The molecule has 0 saturated heterocycles. The minimum Gasteiger partial charge on any atom is -0.326 e. The molecule has 3 aromatic rings. The van der Waals surface area contributed by atoms with E-state index in [0.29, 0.717) is 0 Å². The van der Waals surface area contributed by atoms with Crippen LogP contribution in [0, 0.1) is 0 Å². The smallest absolute Gasteiger partial charge is 0.221 e. The van der Waals surface area contributed by atoms with Gasteiger partial charge in [0.1, 0.15) is 0 Å². The predicted octanol–water partition coefficient (Wildman–Crippen LogP) is 4.98. The molecule has 0 aromatic heterocycles. The minimum atomic E-state index is -0.0651. The second-order valence-electron chi connectivity index (χ2n) is 5.17. The van der Waals surface area contributed by atoms with Gasteiger partial charge in [0.2, 0.25) is 5.91 Å². The minimum absolute atomic E-state index is 0.0651. The van der Waals surface area contributed by atoms with Crippen molar-refractivity contribution < 1.29 is 4.79 Å². The number of benzene rings is 3. The fraction of sp³-hybridized carbons (Fsp3) is 0.0500. The van der Waals surface area contributed by atoms with Crippen LogP contribution in [0.5, 0.6) is 0 Å². The van der Waals surface area contributed by atoms with E-state index < -0.39 is 0 Å². The van der Waals surface area contributed by atoms with E-state index in [2.05, 4.69) is 35.6 Å². The van der Waals surface area contributed by atoms with E-state index in [1.54, 1.807) is 0 Å². The highest BCUT2D eigenvalue weighted by atomic mass is 16.1. The summed E-state index contributed by atoms with van der Waals surface area (Å²) in [5, 5.41) is 2.91. The summed E-state index contributed by atoms with van der Waals surface area (Å²) in [4.78, 5) is 11.4. The van der Waals surface area contributed by atoms with E-state index in [0.717, 1.165) is 27.9 Å². The van der Waals surface area contributed by atoms with Crippen LogP contribution in [0.25, 0.3) is 22.3 Å². The van der Waals surface area contributed by atoms with Crippen LogP contribution in [0.4, 0.5) is 5.69 Å². The molecule has 0 aliphatic carbocycles. The van der Waals surface area contributed by atoms with E-state index in [9.17, 15) is 4.79 Å². The maximum atomic E-state index is 11.4. The van der Waals surface area contributed by atoms with Gasteiger partial charge in [0.05, 0.1) is 0 Å². The summed E-state index contributed by atoms with van der Waals surface area (Å²) < 4.78 is 0. The quantitative estimate of drug-likeness (QED) is 0.723. The molecule has 0 aliphatic rings. The lowest BCUT2D eigenvalue weighted by Gasteiger charge is -2.13. The van der Waals surface area contributed by atoms with Gasteiger partial charge in [-0.05, 0) is 28.8 Å². The van der Waals surface area contributed by atoms with Crippen LogP contribution < -0.4 is 5.32 Å². The normalized spacial score (nSPS) is 10.2. The molecule has 1 amide bonds.